The maximum atomic E-state index is 8.85. The Morgan fingerprint density at radius 1 is 1.33 bits per heavy atom. The van der Waals surface area contributed by atoms with Gasteiger partial charge in [-0.15, -0.1) is 0 Å². The van der Waals surface area contributed by atoms with Gasteiger partial charge in [-0.3, -0.25) is 0 Å². The van der Waals surface area contributed by atoms with Gasteiger partial charge in [0, 0.05) is 31.1 Å². The van der Waals surface area contributed by atoms with Crippen molar-refractivity contribution in [2.45, 2.75) is 45.6 Å². The van der Waals surface area contributed by atoms with Crippen molar-refractivity contribution in [3.8, 4) is 0 Å². The molecular weight excluding hydrogens is 224 g/mol. The number of hydrogen-bond acceptors (Lipinski definition) is 3. The Balaban J connectivity index is 2.69. The van der Waals surface area contributed by atoms with Crippen LogP contribution in [0.5, 0.6) is 0 Å². The molecule has 1 aromatic carbocycles. The van der Waals surface area contributed by atoms with Gasteiger partial charge >= 0.3 is 0 Å². The summed E-state index contributed by atoms with van der Waals surface area (Å²) in [5.74, 6) is 0. The Labute approximate surface area is 111 Å². The monoisotopic (exact) mass is 250 g/mol. The summed E-state index contributed by atoms with van der Waals surface area (Å²) in [5, 5.41) is 8.85. The van der Waals surface area contributed by atoms with Gasteiger partial charge in [0.15, 0.2) is 0 Å². The van der Waals surface area contributed by atoms with E-state index in [-0.39, 0.29) is 0 Å². The molecule has 0 aromatic heterocycles. The fourth-order valence-electron chi connectivity index (χ4n) is 2.25. The standard InChI is InChI=1S/C15H26N2O/c1-4-13(7-5-6-10-18)17(3)14-8-9-15(16)12(2)11-14/h8-9,11,13,18H,4-7,10,16H2,1-3H3. The average molecular weight is 250 g/mol. The Kier molecular flexibility index (Phi) is 5.99. The number of aliphatic hydroxyl groups is 1. The molecule has 3 heteroatoms. The normalized spacial score (nSPS) is 12.4. The van der Waals surface area contributed by atoms with Crippen LogP contribution in [0.15, 0.2) is 18.2 Å². The van der Waals surface area contributed by atoms with Crippen molar-refractivity contribution in [3.05, 3.63) is 23.8 Å². The van der Waals surface area contributed by atoms with E-state index in [0.29, 0.717) is 12.6 Å². The Morgan fingerprint density at radius 3 is 2.61 bits per heavy atom. The fraction of sp³-hybridized carbons (Fsp3) is 0.600. The highest BCUT2D eigenvalue weighted by molar-refractivity contribution is 5.58. The highest BCUT2D eigenvalue weighted by Crippen LogP contribution is 2.23. The third-order valence-electron chi connectivity index (χ3n) is 3.63. The van der Waals surface area contributed by atoms with Gasteiger partial charge in [0.25, 0.3) is 0 Å². The second kappa shape index (κ2) is 7.27. The van der Waals surface area contributed by atoms with Crippen LogP contribution in [-0.2, 0) is 0 Å². The summed E-state index contributed by atoms with van der Waals surface area (Å²) in [5.41, 5.74) is 9.05. The molecule has 0 bridgehead atoms. The maximum Gasteiger partial charge on any atom is 0.0431 e. The van der Waals surface area contributed by atoms with E-state index in [0.717, 1.165) is 36.9 Å². The molecule has 1 rings (SSSR count). The summed E-state index contributed by atoms with van der Waals surface area (Å²) in [6, 6.07) is 6.72. The van der Waals surface area contributed by atoms with Crippen LogP contribution in [0.4, 0.5) is 11.4 Å². The molecule has 0 spiro atoms. The topological polar surface area (TPSA) is 49.5 Å². The third kappa shape index (κ3) is 3.91. The van der Waals surface area contributed by atoms with Crippen LogP contribution in [0, 0.1) is 6.92 Å². The van der Waals surface area contributed by atoms with Crippen molar-refractivity contribution < 1.29 is 5.11 Å². The van der Waals surface area contributed by atoms with E-state index in [9.17, 15) is 0 Å². The van der Waals surface area contributed by atoms with E-state index in [1.165, 1.54) is 5.69 Å². The van der Waals surface area contributed by atoms with E-state index in [2.05, 4.69) is 31.0 Å². The Bertz CT molecular complexity index is 366. The number of anilines is 2. The molecule has 102 valence electrons. The molecule has 3 nitrogen and oxygen atoms in total. The molecule has 0 fully saturated rings. The first-order valence-corrected chi connectivity index (χ1v) is 6.80. The number of nitrogens with two attached hydrogens (primary N) is 1. The number of aliphatic hydroxyl groups excluding tert-OH is 1. The molecule has 0 aliphatic rings. The van der Waals surface area contributed by atoms with Crippen molar-refractivity contribution in [1.82, 2.24) is 0 Å². The minimum atomic E-state index is 0.293. The molecule has 0 heterocycles. The predicted octanol–water partition coefficient (Wildman–Crippen LogP) is 2.95. The molecule has 18 heavy (non-hydrogen) atoms. The summed E-state index contributed by atoms with van der Waals surface area (Å²) >= 11 is 0. The van der Waals surface area contributed by atoms with E-state index in [1.54, 1.807) is 0 Å². The number of rotatable bonds is 7. The minimum Gasteiger partial charge on any atom is -0.399 e. The van der Waals surface area contributed by atoms with Crippen LogP contribution >= 0.6 is 0 Å². The number of nitrogens with zero attached hydrogens (tertiary/aromatic N) is 1. The number of aryl methyl sites for hydroxylation is 1. The van der Waals surface area contributed by atoms with Crippen molar-refractivity contribution in [2.75, 3.05) is 24.3 Å². The first-order valence-electron chi connectivity index (χ1n) is 6.80. The lowest BCUT2D eigenvalue weighted by atomic mass is 10.0. The molecule has 0 aliphatic carbocycles. The lowest BCUT2D eigenvalue weighted by Crippen LogP contribution is -2.31. The van der Waals surface area contributed by atoms with Crippen LogP contribution in [-0.4, -0.2) is 24.8 Å². The highest BCUT2D eigenvalue weighted by atomic mass is 16.2. The van der Waals surface area contributed by atoms with E-state index >= 15 is 0 Å². The lowest BCUT2D eigenvalue weighted by Gasteiger charge is -2.30. The van der Waals surface area contributed by atoms with Crippen LogP contribution in [0.3, 0.4) is 0 Å². The van der Waals surface area contributed by atoms with E-state index in [4.69, 9.17) is 10.8 Å². The molecule has 1 unspecified atom stereocenters. The van der Waals surface area contributed by atoms with Crippen LogP contribution in [0.1, 0.15) is 38.2 Å². The first kappa shape index (κ1) is 14.8. The third-order valence-corrected chi connectivity index (χ3v) is 3.63. The van der Waals surface area contributed by atoms with Gasteiger partial charge < -0.3 is 15.7 Å². The quantitative estimate of drug-likeness (QED) is 0.578. The summed E-state index contributed by atoms with van der Waals surface area (Å²) in [6.45, 7) is 4.55. The SMILES string of the molecule is CCC(CCCCO)N(C)c1ccc(N)c(C)c1. The molecule has 3 N–H and O–H groups in total. The molecule has 0 saturated heterocycles. The zero-order chi connectivity index (χ0) is 13.5. The van der Waals surface area contributed by atoms with Crippen molar-refractivity contribution in [3.63, 3.8) is 0 Å². The van der Waals surface area contributed by atoms with Crippen molar-refractivity contribution >= 4 is 11.4 Å². The highest BCUT2D eigenvalue weighted by Gasteiger charge is 2.13. The molecule has 0 saturated carbocycles. The molecule has 0 amide bonds. The zero-order valence-electron chi connectivity index (χ0n) is 11.8. The summed E-state index contributed by atoms with van der Waals surface area (Å²) < 4.78 is 0. The second-order valence-corrected chi connectivity index (χ2v) is 4.93. The smallest absolute Gasteiger partial charge is 0.0431 e. The van der Waals surface area contributed by atoms with E-state index < -0.39 is 0 Å². The number of nitrogen functional groups attached to an aromatic ring is 1. The summed E-state index contributed by atoms with van der Waals surface area (Å²) in [4.78, 5) is 2.32. The van der Waals surface area contributed by atoms with Crippen LogP contribution in [0.2, 0.25) is 0 Å². The van der Waals surface area contributed by atoms with Crippen molar-refractivity contribution in [2.24, 2.45) is 0 Å². The number of hydrogen-bond donors (Lipinski definition) is 2. The summed E-state index contributed by atoms with van der Waals surface area (Å²) in [7, 11) is 2.14. The Morgan fingerprint density at radius 2 is 2.06 bits per heavy atom. The van der Waals surface area contributed by atoms with Gasteiger partial charge in [-0.05, 0) is 56.4 Å². The van der Waals surface area contributed by atoms with Gasteiger partial charge in [0.1, 0.15) is 0 Å². The van der Waals surface area contributed by atoms with Gasteiger partial charge in [0.05, 0.1) is 0 Å². The Hall–Kier alpha value is -1.22. The van der Waals surface area contributed by atoms with Crippen LogP contribution in [0.25, 0.3) is 0 Å². The minimum absolute atomic E-state index is 0.293. The summed E-state index contributed by atoms with van der Waals surface area (Å²) in [6.07, 6.45) is 4.21. The zero-order valence-corrected chi connectivity index (χ0v) is 11.8. The van der Waals surface area contributed by atoms with Crippen molar-refractivity contribution in [1.29, 1.82) is 0 Å². The molecule has 1 aromatic rings. The van der Waals surface area contributed by atoms with Gasteiger partial charge in [0.2, 0.25) is 0 Å². The number of unbranched alkanes of at least 4 members (excludes halogenated alkanes) is 1. The first-order chi connectivity index (χ1) is 8.60. The number of benzene rings is 1. The van der Waals surface area contributed by atoms with Crippen LogP contribution < -0.4 is 10.6 Å². The molecule has 0 radical (unpaired) electrons. The van der Waals surface area contributed by atoms with Gasteiger partial charge in [-0.1, -0.05) is 6.92 Å². The average Bonchev–Trinajstić information content (AvgIpc) is 2.37. The molecule has 0 aliphatic heterocycles. The molecular formula is C15H26N2O. The molecule has 1 atom stereocenters. The van der Waals surface area contributed by atoms with Gasteiger partial charge in [-0.2, -0.15) is 0 Å². The lowest BCUT2D eigenvalue weighted by molar-refractivity contribution is 0.280. The largest absolute Gasteiger partial charge is 0.399 e. The second-order valence-electron chi connectivity index (χ2n) is 4.93. The van der Waals surface area contributed by atoms with Gasteiger partial charge in [-0.25, -0.2) is 0 Å². The maximum absolute atomic E-state index is 8.85. The predicted molar refractivity (Wildman–Crippen MR) is 79.0 cm³/mol. The van der Waals surface area contributed by atoms with E-state index in [1.807, 2.05) is 13.0 Å². The fourth-order valence-corrected chi connectivity index (χ4v) is 2.25.